The van der Waals surface area contributed by atoms with E-state index in [4.69, 9.17) is 14.9 Å². The van der Waals surface area contributed by atoms with Crippen molar-refractivity contribution in [2.24, 2.45) is 0 Å². The first-order chi connectivity index (χ1) is 5.06. The Bertz CT molecular complexity index is 54.4. The second-order valence-electron chi connectivity index (χ2n) is 2.26. The van der Waals surface area contributed by atoms with E-state index >= 15 is 0 Å². The lowest BCUT2D eigenvalue weighted by molar-refractivity contribution is 0.0438. The molecule has 2 atom stereocenters. The van der Waals surface area contributed by atoms with Gasteiger partial charge in [-0.3, -0.25) is 0 Å². The Kier molecular flexibility index (Phi) is 12.1. The van der Waals surface area contributed by atoms with E-state index in [0.717, 1.165) is 13.2 Å². The topological polar surface area (TPSA) is 49.7 Å². The molecule has 0 aromatic heterocycles. The summed E-state index contributed by atoms with van der Waals surface area (Å²) in [5.41, 5.74) is 0. The molecule has 2 unspecified atom stereocenters. The minimum Gasteiger partial charge on any atom is -0.391 e. The lowest BCUT2D eigenvalue weighted by Gasteiger charge is -2.03. The highest BCUT2D eigenvalue weighted by Gasteiger charge is 1.99. The molecular weight excluding hydrogens is 144 g/mol. The summed E-state index contributed by atoms with van der Waals surface area (Å²) >= 11 is 0. The fourth-order valence-electron chi connectivity index (χ4n) is 0.204. The molecule has 0 aliphatic rings. The van der Waals surface area contributed by atoms with Crippen LogP contribution in [0.3, 0.4) is 0 Å². The van der Waals surface area contributed by atoms with Gasteiger partial charge < -0.3 is 14.9 Å². The van der Waals surface area contributed by atoms with Gasteiger partial charge >= 0.3 is 0 Å². The zero-order chi connectivity index (χ0) is 9.28. The number of hydrogen-bond acceptors (Lipinski definition) is 3. The van der Waals surface area contributed by atoms with Gasteiger partial charge in [-0.1, -0.05) is 0 Å². The van der Waals surface area contributed by atoms with E-state index < -0.39 is 12.2 Å². The third-order valence-electron chi connectivity index (χ3n) is 1.11. The van der Waals surface area contributed by atoms with Gasteiger partial charge in [0.1, 0.15) is 0 Å². The average molecular weight is 164 g/mol. The zero-order valence-corrected chi connectivity index (χ0v) is 7.87. The molecule has 0 aliphatic heterocycles. The Hall–Kier alpha value is -0.120. The van der Waals surface area contributed by atoms with E-state index in [9.17, 15) is 0 Å². The van der Waals surface area contributed by atoms with Crippen molar-refractivity contribution in [3.63, 3.8) is 0 Å². The molecule has 3 nitrogen and oxygen atoms in total. The lowest BCUT2D eigenvalue weighted by atomic mass is 10.3. The van der Waals surface area contributed by atoms with Gasteiger partial charge in [-0.05, 0) is 27.7 Å². The quantitative estimate of drug-likeness (QED) is 0.648. The fourth-order valence-corrected chi connectivity index (χ4v) is 0.204. The molecule has 2 N–H and O–H groups in total. The maximum absolute atomic E-state index is 8.38. The summed E-state index contributed by atoms with van der Waals surface area (Å²) in [6, 6.07) is 0. The van der Waals surface area contributed by atoms with Gasteiger partial charge in [0.15, 0.2) is 0 Å². The summed E-state index contributed by atoms with van der Waals surface area (Å²) in [6.07, 6.45) is -1.19. The molecule has 70 valence electrons. The molecule has 0 bridgehead atoms. The lowest BCUT2D eigenvalue weighted by Crippen LogP contribution is -2.17. The van der Waals surface area contributed by atoms with Gasteiger partial charge in [-0.2, -0.15) is 0 Å². The van der Waals surface area contributed by atoms with Crippen LogP contribution in [-0.2, 0) is 4.74 Å². The summed E-state index contributed by atoms with van der Waals surface area (Å²) in [7, 11) is 0. The van der Waals surface area contributed by atoms with Crippen molar-refractivity contribution in [2.45, 2.75) is 39.9 Å². The van der Waals surface area contributed by atoms with Crippen molar-refractivity contribution >= 4 is 0 Å². The Balaban J connectivity index is 0. The molecule has 0 aromatic rings. The van der Waals surface area contributed by atoms with Crippen molar-refractivity contribution < 1.29 is 14.9 Å². The van der Waals surface area contributed by atoms with Gasteiger partial charge in [0.2, 0.25) is 0 Å². The van der Waals surface area contributed by atoms with Crippen molar-refractivity contribution in [2.75, 3.05) is 13.2 Å². The largest absolute Gasteiger partial charge is 0.391 e. The second kappa shape index (κ2) is 9.88. The highest BCUT2D eigenvalue weighted by molar-refractivity contribution is 4.50. The van der Waals surface area contributed by atoms with E-state index in [1.807, 2.05) is 13.8 Å². The van der Waals surface area contributed by atoms with E-state index in [-0.39, 0.29) is 0 Å². The maximum atomic E-state index is 8.38. The number of ether oxygens (including phenoxy) is 1. The van der Waals surface area contributed by atoms with E-state index in [2.05, 4.69) is 0 Å². The van der Waals surface area contributed by atoms with Gasteiger partial charge in [-0.15, -0.1) is 0 Å². The van der Waals surface area contributed by atoms with E-state index in [1.165, 1.54) is 0 Å². The van der Waals surface area contributed by atoms with Gasteiger partial charge in [0.25, 0.3) is 0 Å². The molecule has 0 aliphatic carbocycles. The number of aliphatic hydroxyl groups is 2. The van der Waals surface area contributed by atoms with Gasteiger partial charge in [0.05, 0.1) is 12.2 Å². The van der Waals surface area contributed by atoms with Crippen LogP contribution in [-0.4, -0.2) is 35.6 Å². The van der Waals surface area contributed by atoms with E-state index in [1.54, 1.807) is 13.8 Å². The summed E-state index contributed by atoms with van der Waals surface area (Å²) in [4.78, 5) is 0. The van der Waals surface area contributed by atoms with Crippen LogP contribution < -0.4 is 0 Å². The summed E-state index contributed by atoms with van der Waals surface area (Å²) in [5, 5.41) is 16.8. The minimum absolute atomic E-state index is 0.593. The monoisotopic (exact) mass is 164 g/mol. The Labute approximate surface area is 69.0 Å². The van der Waals surface area contributed by atoms with Crippen LogP contribution in [0.25, 0.3) is 0 Å². The molecule has 0 rings (SSSR count). The van der Waals surface area contributed by atoms with Crippen LogP contribution in [0.4, 0.5) is 0 Å². The van der Waals surface area contributed by atoms with Crippen molar-refractivity contribution in [1.82, 2.24) is 0 Å². The molecule has 0 amide bonds. The van der Waals surface area contributed by atoms with Gasteiger partial charge in [-0.25, -0.2) is 0 Å². The highest BCUT2D eigenvalue weighted by Crippen LogP contribution is 1.85. The van der Waals surface area contributed by atoms with Crippen molar-refractivity contribution in [3.8, 4) is 0 Å². The van der Waals surface area contributed by atoms with Crippen LogP contribution in [0.15, 0.2) is 0 Å². The van der Waals surface area contributed by atoms with Crippen LogP contribution in [0, 0.1) is 0 Å². The normalized spacial score (nSPS) is 14.7. The summed E-state index contributed by atoms with van der Waals surface area (Å²) in [6.45, 7) is 8.76. The third kappa shape index (κ3) is 17.7. The molecule has 11 heavy (non-hydrogen) atoms. The number of rotatable bonds is 3. The Morgan fingerprint density at radius 1 is 1.00 bits per heavy atom. The highest BCUT2D eigenvalue weighted by atomic mass is 16.5. The van der Waals surface area contributed by atoms with Crippen LogP contribution >= 0.6 is 0 Å². The maximum Gasteiger partial charge on any atom is 0.0768 e. The van der Waals surface area contributed by atoms with Crippen LogP contribution in [0.1, 0.15) is 27.7 Å². The molecule has 0 saturated carbocycles. The number of hydrogen-bond donors (Lipinski definition) is 2. The first kappa shape index (κ1) is 13.5. The zero-order valence-electron chi connectivity index (χ0n) is 7.87. The summed E-state index contributed by atoms with van der Waals surface area (Å²) < 4.78 is 4.83. The molecule has 0 radical (unpaired) electrons. The van der Waals surface area contributed by atoms with Gasteiger partial charge in [0, 0.05) is 13.2 Å². The van der Waals surface area contributed by atoms with Crippen LogP contribution in [0.5, 0.6) is 0 Å². The fraction of sp³-hybridized carbons (Fsp3) is 1.00. The molecule has 0 fully saturated rings. The predicted octanol–water partition coefficient (Wildman–Crippen LogP) is 0.791. The standard InChI is InChI=1S/C4H10O2.C4H10O/c1-3(5)4(2)6;1-3-5-4-2/h3-6H,1-2H3;3-4H2,1-2H3. The average Bonchev–Trinajstić information content (AvgIpc) is 1.90. The predicted molar refractivity (Wildman–Crippen MR) is 45.5 cm³/mol. The van der Waals surface area contributed by atoms with Crippen LogP contribution in [0.2, 0.25) is 0 Å². The molecule has 0 saturated heterocycles. The first-order valence-electron chi connectivity index (χ1n) is 4.00. The number of aliphatic hydroxyl groups excluding tert-OH is 2. The van der Waals surface area contributed by atoms with Crippen molar-refractivity contribution in [1.29, 1.82) is 0 Å². The molecular formula is C8H20O3. The SMILES string of the molecule is CC(O)C(C)O.CCOCC. The molecule has 3 heteroatoms. The third-order valence-corrected chi connectivity index (χ3v) is 1.11. The first-order valence-corrected chi connectivity index (χ1v) is 4.00. The molecule has 0 heterocycles. The summed E-state index contributed by atoms with van der Waals surface area (Å²) in [5.74, 6) is 0. The minimum atomic E-state index is -0.593. The Morgan fingerprint density at radius 3 is 1.27 bits per heavy atom. The van der Waals surface area contributed by atoms with Crippen molar-refractivity contribution in [3.05, 3.63) is 0 Å². The second-order valence-corrected chi connectivity index (χ2v) is 2.26. The smallest absolute Gasteiger partial charge is 0.0768 e. The van der Waals surface area contributed by atoms with E-state index in [0.29, 0.717) is 0 Å². The Morgan fingerprint density at radius 2 is 1.27 bits per heavy atom. The molecule has 0 spiro atoms. The molecule has 0 aromatic carbocycles.